The first kappa shape index (κ1) is 15.4. The van der Waals surface area contributed by atoms with E-state index in [0.717, 1.165) is 29.7 Å². The molecule has 3 nitrogen and oxygen atoms in total. The second kappa shape index (κ2) is 6.73. The summed E-state index contributed by atoms with van der Waals surface area (Å²) in [6.45, 7) is 6.02. The zero-order valence-corrected chi connectivity index (χ0v) is 13.9. The summed E-state index contributed by atoms with van der Waals surface area (Å²) in [5, 5.41) is 3.50. The van der Waals surface area contributed by atoms with Crippen LogP contribution in [0.25, 0.3) is 0 Å². The predicted molar refractivity (Wildman–Crippen MR) is 84.9 cm³/mol. The summed E-state index contributed by atoms with van der Waals surface area (Å²) in [6.07, 6.45) is 2.83. The molecule has 0 saturated carbocycles. The van der Waals surface area contributed by atoms with Gasteiger partial charge in [-0.25, -0.2) is 4.39 Å². The lowest BCUT2D eigenvalue weighted by Gasteiger charge is -2.35. The SMILES string of the molecule is CC(NCC1CN2CCCC2CO1)c1ccc(F)cc1Br. The fourth-order valence-electron chi connectivity index (χ4n) is 3.28. The van der Waals surface area contributed by atoms with Crippen molar-refractivity contribution < 1.29 is 9.13 Å². The Balaban J connectivity index is 1.52. The van der Waals surface area contributed by atoms with Crippen molar-refractivity contribution in [2.75, 3.05) is 26.2 Å². The van der Waals surface area contributed by atoms with E-state index in [9.17, 15) is 4.39 Å². The molecule has 2 heterocycles. The van der Waals surface area contributed by atoms with E-state index >= 15 is 0 Å². The molecule has 116 valence electrons. The van der Waals surface area contributed by atoms with Gasteiger partial charge < -0.3 is 10.1 Å². The third kappa shape index (κ3) is 3.65. The highest BCUT2D eigenvalue weighted by Gasteiger charge is 2.32. The number of fused-ring (bicyclic) bond motifs is 1. The van der Waals surface area contributed by atoms with Crippen molar-refractivity contribution in [3.05, 3.63) is 34.1 Å². The first-order valence-electron chi connectivity index (χ1n) is 7.67. The molecule has 3 unspecified atom stereocenters. The Morgan fingerprint density at radius 1 is 1.52 bits per heavy atom. The van der Waals surface area contributed by atoms with E-state index in [2.05, 4.69) is 33.1 Å². The standard InChI is InChI=1S/C16H22BrFN2O/c1-11(15-5-4-12(18)7-16(15)17)19-8-14-9-20-6-2-3-13(20)10-21-14/h4-5,7,11,13-14,19H,2-3,6,8-10H2,1H3. The summed E-state index contributed by atoms with van der Waals surface area (Å²) >= 11 is 3.43. The van der Waals surface area contributed by atoms with Crippen LogP contribution in [0.3, 0.4) is 0 Å². The van der Waals surface area contributed by atoms with Gasteiger partial charge >= 0.3 is 0 Å². The highest BCUT2D eigenvalue weighted by molar-refractivity contribution is 9.10. The van der Waals surface area contributed by atoms with E-state index in [1.807, 2.05) is 6.07 Å². The maximum Gasteiger partial charge on any atom is 0.124 e. The lowest BCUT2D eigenvalue weighted by atomic mass is 10.1. The lowest BCUT2D eigenvalue weighted by molar-refractivity contribution is -0.0477. The molecule has 3 atom stereocenters. The number of nitrogens with one attached hydrogen (secondary N) is 1. The number of hydrogen-bond donors (Lipinski definition) is 1. The van der Waals surface area contributed by atoms with Crippen LogP contribution in [0.1, 0.15) is 31.4 Å². The summed E-state index contributed by atoms with van der Waals surface area (Å²) in [5.41, 5.74) is 1.08. The van der Waals surface area contributed by atoms with Crippen molar-refractivity contribution >= 4 is 15.9 Å². The number of benzene rings is 1. The zero-order chi connectivity index (χ0) is 14.8. The second-order valence-electron chi connectivity index (χ2n) is 6.04. The van der Waals surface area contributed by atoms with Crippen LogP contribution < -0.4 is 5.32 Å². The molecule has 2 fully saturated rings. The molecular formula is C16H22BrFN2O. The maximum atomic E-state index is 13.1. The molecule has 0 amide bonds. The highest BCUT2D eigenvalue weighted by atomic mass is 79.9. The number of hydrogen-bond acceptors (Lipinski definition) is 3. The first-order chi connectivity index (χ1) is 10.1. The van der Waals surface area contributed by atoms with Gasteiger partial charge in [-0.2, -0.15) is 0 Å². The van der Waals surface area contributed by atoms with Gasteiger partial charge in [-0.15, -0.1) is 0 Å². The van der Waals surface area contributed by atoms with E-state index in [0.29, 0.717) is 6.04 Å². The van der Waals surface area contributed by atoms with E-state index in [-0.39, 0.29) is 18.0 Å². The van der Waals surface area contributed by atoms with Crippen LogP contribution >= 0.6 is 15.9 Å². The Labute approximate surface area is 134 Å². The summed E-state index contributed by atoms with van der Waals surface area (Å²) in [4.78, 5) is 2.55. The lowest BCUT2D eigenvalue weighted by Crippen LogP contribution is -2.49. The molecule has 0 aliphatic carbocycles. The maximum absolute atomic E-state index is 13.1. The van der Waals surface area contributed by atoms with E-state index in [4.69, 9.17) is 4.74 Å². The van der Waals surface area contributed by atoms with Crippen LogP contribution in [-0.4, -0.2) is 43.3 Å². The van der Waals surface area contributed by atoms with Crippen molar-refractivity contribution in [2.24, 2.45) is 0 Å². The normalized spacial score (nSPS) is 27.6. The van der Waals surface area contributed by atoms with Gasteiger partial charge in [0, 0.05) is 29.6 Å². The number of nitrogens with zero attached hydrogens (tertiary/aromatic N) is 1. The highest BCUT2D eigenvalue weighted by Crippen LogP contribution is 2.25. The van der Waals surface area contributed by atoms with Crippen LogP contribution in [0.5, 0.6) is 0 Å². The minimum atomic E-state index is -0.214. The zero-order valence-electron chi connectivity index (χ0n) is 12.3. The van der Waals surface area contributed by atoms with Gasteiger partial charge in [0.05, 0.1) is 12.7 Å². The first-order valence-corrected chi connectivity index (χ1v) is 8.47. The van der Waals surface area contributed by atoms with E-state index in [1.165, 1.54) is 31.5 Å². The Morgan fingerprint density at radius 2 is 2.38 bits per heavy atom. The predicted octanol–water partition coefficient (Wildman–Crippen LogP) is 3.10. The number of ether oxygens (including phenoxy) is 1. The molecule has 1 aromatic rings. The monoisotopic (exact) mass is 356 g/mol. The van der Waals surface area contributed by atoms with Crippen molar-refractivity contribution in [1.29, 1.82) is 0 Å². The molecule has 3 rings (SSSR count). The molecule has 0 radical (unpaired) electrons. The molecule has 5 heteroatoms. The third-order valence-corrected chi connectivity index (χ3v) is 5.23. The average Bonchev–Trinajstić information content (AvgIpc) is 2.92. The smallest absolute Gasteiger partial charge is 0.124 e. The summed E-state index contributed by atoms with van der Waals surface area (Å²) in [5.74, 6) is -0.214. The Kier molecular flexibility index (Phi) is 4.94. The summed E-state index contributed by atoms with van der Waals surface area (Å²) < 4.78 is 19.9. The topological polar surface area (TPSA) is 24.5 Å². The Bertz CT molecular complexity index is 499. The van der Waals surface area contributed by atoms with Crippen molar-refractivity contribution in [3.8, 4) is 0 Å². The summed E-state index contributed by atoms with van der Waals surface area (Å²) in [7, 11) is 0. The number of morpholine rings is 1. The Morgan fingerprint density at radius 3 is 3.19 bits per heavy atom. The van der Waals surface area contributed by atoms with Crippen LogP contribution in [0.2, 0.25) is 0 Å². The van der Waals surface area contributed by atoms with Gasteiger partial charge in [0.15, 0.2) is 0 Å². The van der Waals surface area contributed by atoms with Crippen LogP contribution in [0.4, 0.5) is 4.39 Å². The van der Waals surface area contributed by atoms with E-state index in [1.54, 1.807) is 0 Å². The molecule has 2 aliphatic rings. The fourth-order valence-corrected chi connectivity index (χ4v) is 3.97. The quantitative estimate of drug-likeness (QED) is 0.896. The van der Waals surface area contributed by atoms with Crippen molar-refractivity contribution in [3.63, 3.8) is 0 Å². The van der Waals surface area contributed by atoms with Gasteiger partial charge in [-0.3, -0.25) is 4.90 Å². The average molecular weight is 357 g/mol. The third-order valence-electron chi connectivity index (χ3n) is 4.54. The molecule has 2 saturated heterocycles. The van der Waals surface area contributed by atoms with Crippen LogP contribution in [0.15, 0.2) is 22.7 Å². The molecule has 0 spiro atoms. The van der Waals surface area contributed by atoms with Gasteiger partial charge in [0.25, 0.3) is 0 Å². The number of halogens is 2. The molecule has 2 aliphatic heterocycles. The second-order valence-corrected chi connectivity index (χ2v) is 6.90. The Hall–Kier alpha value is -0.490. The molecular weight excluding hydrogens is 335 g/mol. The summed E-state index contributed by atoms with van der Waals surface area (Å²) in [6, 6.07) is 5.66. The minimum Gasteiger partial charge on any atom is -0.374 e. The van der Waals surface area contributed by atoms with Crippen molar-refractivity contribution in [1.82, 2.24) is 10.2 Å². The van der Waals surface area contributed by atoms with Crippen LogP contribution in [0, 0.1) is 5.82 Å². The molecule has 0 bridgehead atoms. The molecule has 0 aromatic heterocycles. The molecule has 1 N–H and O–H groups in total. The van der Waals surface area contributed by atoms with Crippen LogP contribution in [-0.2, 0) is 4.74 Å². The van der Waals surface area contributed by atoms with Gasteiger partial charge in [-0.1, -0.05) is 22.0 Å². The van der Waals surface area contributed by atoms with Crippen molar-refractivity contribution in [2.45, 2.75) is 38.0 Å². The van der Waals surface area contributed by atoms with Gasteiger partial charge in [0.2, 0.25) is 0 Å². The molecule has 1 aromatic carbocycles. The fraction of sp³-hybridized carbons (Fsp3) is 0.625. The number of rotatable bonds is 4. The van der Waals surface area contributed by atoms with Gasteiger partial charge in [0.1, 0.15) is 5.82 Å². The largest absolute Gasteiger partial charge is 0.374 e. The van der Waals surface area contributed by atoms with E-state index < -0.39 is 0 Å². The van der Waals surface area contributed by atoms with Gasteiger partial charge in [-0.05, 0) is 44.0 Å². The minimum absolute atomic E-state index is 0.167. The molecule has 21 heavy (non-hydrogen) atoms.